The highest BCUT2D eigenvalue weighted by atomic mass is 19.1. The van der Waals surface area contributed by atoms with Gasteiger partial charge in [0, 0.05) is 28.5 Å². The molecule has 1 aromatic carbocycles. The normalized spacial score (nSPS) is 10.8. The third-order valence-electron chi connectivity index (χ3n) is 3.34. The van der Waals surface area contributed by atoms with Crippen LogP contribution in [0, 0.1) is 12.7 Å². The van der Waals surface area contributed by atoms with Crippen LogP contribution in [-0.2, 0) is 0 Å². The number of benzene rings is 1. The highest BCUT2D eigenvalue weighted by Crippen LogP contribution is 2.27. The van der Waals surface area contributed by atoms with E-state index in [2.05, 4.69) is 0 Å². The fourth-order valence-electron chi connectivity index (χ4n) is 2.33. The molecule has 3 heteroatoms. The number of carbonyl (C=O) groups excluding carboxylic acids is 1. The third-order valence-corrected chi connectivity index (χ3v) is 3.34. The number of rotatable bonds is 2. The molecule has 0 radical (unpaired) electrons. The maximum atomic E-state index is 13.0. The molecule has 3 aromatic rings. The van der Waals surface area contributed by atoms with Crippen molar-refractivity contribution in [3.63, 3.8) is 0 Å². The van der Waals surface area contributed by atoms with Gasteiger partial charge in [0.25, 0.3) is 0 Å². The van der Waals surface area contributed by atoms with Crippen molar-refractivity contribution in [3.8, 4) is 11.1 Å². The van der Waals surface area contributed by atoms with Gasteiger partial charge in [-0.25, -0.2) is 4.39 Å². The average molecular weight is 253 g/mol. The molecule has 0 aliphatic carbocycles. The summed E-state index contributed by atoms with van der Waals surface area (Å²) < 4.78 is 15.0. The zero-order valence-electron chi connectivity index (χ0n) is 10.4. The summed E-state index contributed by atoms with van der Waals surface area (Å²) in [5.41, 5.74) is 4.69. The number of aromatic nitrogens is 1. The molecule has 3 rings (SSSR count). The minimum absolute atomic E-state index is 0.242. The minimum atomic E-state index is -0.242. The van der Waals surface area contributed by atoms with Crippen LogP contribution in [-0.4, -0.2) is 10.7 Å². The van der Waals surface area contributed by atoms with Gasteiger partial charge in [0.15, 0.2) is 0 Å². The van der Waals surface area contributed by atoms with Gasteiger partial charge in [0.2, 0.25) is 0 Å². The lowest BCUT2D eigenvalue weighted by molar-refractivity contribution is 0.112. The first-order valence-electron chi connectivity index (χ1n) is 6.02. The van der Waals surface area contributed by atoms with Gasteiger partial charge in [-0.3, -0.25) is 4.79 Å². The van der Waals surface area contributed by atoms with Crippen LogP contribution < -0.4 is 0 Å². The van der Waals surface area contributed by atoms with E-state index < -0.39 is 0 Å². The Bertz CT molecular complexity index is 756. The zero-order valence-corrected chi connectivity index (χ0v) is 10.4. The summed E-state index contributed by atoms with van der Waals surface area (Å²) in [6, 6.07) is 12.1. The van der Waals surface area contributed by atoms with E-state index >= 15 is 0 Å². The summed E-state index contributed by atoms with van der Waals surface area (Å²) >= 11 is 0. The van der Waals surface area contributed by atoms with Crippen LogP contribution in [0.2, 0.25) is 0 Å². The van der Waals surface area contributed by atoms with Crippen molar-refractivity contribution in [2.75, 3.05) is 0 Å². The summed E-state index contributed by atoms with van der Waals surface area (Å²) in [4.78, 5) is 10.8. The molecular formula is C16H12FNO. The second kappa shape index (κ2) is 4.35. The summed E-state index contributed by atoms with van der Waals surface area (Å²) in [6.45, 7) is 2.01. The quantitative estimate of drug-likeness (QED) is 0.635. The largest absolute Gasteiger partial charge is 0.321 e. The van der Waals surface area contributed by atoms with E-state index in [0.717, 1.165) is 28.6 Å². The summed E-state index contributed by atoms with van der Waals surface area (Å²) in [5, 5.41) is 0. The monoisotopic (exact) mass is 253 g/mol. The number of aldehydes is 1. The second-order valence-electron chi connectivity index (χ2n) is 4.52. The molecule has 0 fully saturated rings. The van der Waals surface area contributed by atoms with Crippen molar-refractivity contribution in [1.82, 2.24) is 4.40 Å². The van der Waals surface area contributed by atoms with Crippen LogP contribution in [0.15, 0.2) is 48.7 Å². The third kappa shape index (κ3) is 1.93. The van der Waals surface area contributed by atoms with Crippen LogP contribution in [0.4, 0.5) is 4.39 Å². The van der Waals surface area contributed by atoms with Gasteiger partial charge in [0.05, 0.1) is 0 Å². The fourth-order valence-corrected chi connectivity index (χ4v) is 2.33. The van der Waals surface area contributed by atoms with Crippen molar-refractivity contribution in [3.05, 3.63) is 65.7 Å². The SMILES string of the molecule is Cc1c(-c2ccc(F)cc2)cc2cc(C=O)ccn12. The molecule has 0 unspecified atom stereocenters. The molecule has 2 nitrogen and oxygen atoms in total. The topological polar surface area (TPSA) is 21.5 Å². The Hall–Kier alpha value is -2.42. The predicted octanol–water partition coefficient (Wildman–Crippen LogP) is 3.87. The number of hydrogen-bond acceptors (Lipinski definition) is 1. The van der Waals surface area contributed by atoms with Crippen molar-refractivity contribution in [2.45, 2.75) is 6.92 Å². The smallest absolute Gasteiger partial charge is 0.150 e. The fraction of sp³-hybridized carbons (Fsp3) is 0.0625. The number of nitrogens with zero attached hydrogens (tertiary/aromatic N) is 1. The zero-order chi connectivity index (χ0) is 13.4. The molecule has 0 saturated carbocycles. The van der Waals surface area contributed by atoms with Gasteiger partial charge >= 0.3 is 0 Å². The number of hydrogen-bond donors (Lipinski definition) is 0. The second-order valence-corrected chi connectivity index (χ2v) is 4.52. The number of aryl methyl sites for hydroxylation is 1. The Morgan fingerprint density at radius 3 is 2.53 bits per heavy atom. The van der Waals surface area contributed by atoms with Crippen molar-refractivity contribution >= 4 is 11.8 Å². The maximum absolute atomic E-state index is 13.0. The number of fused-ring (bicyclic) bond motifs is 1. The predicted molar refractivity (Wildman–Crippen MR) is 72.9 cm³/mol. The summed E-state index contributed by atoms with van der Waals surface area (Å²) in [6.07, 6.45) is 2.71. The van der Waals surface area contributed by atoms with E-state index in [4.69, 9.17) is 0 Å². The van der Waals surface area contributed by atoms with Crippen LogP contribution >= 0.6 is 0 Å². The first-order chi connectivity index (χ1) is 9.19. The van der Waals surface area contributed by atoms with Gasteiger partial charge in [-0.2, -0.15) is 0 Å². The van der Waals surface area contributed by atoms with Gasteiger partial charge in [-0.15, -0.1) is 0 Å². The van der Waals surface area contributed by atoms with Crippen LogP contribution in [0.25, 0.3) is 16.6 Å². The Morgan fingerprint density at radius 2 is 1.84 bits per heavy atom. The molecule has 94 valence electrons. The number of halogens is 1. The molecule has 0 aliphatic heterocycles. The standard InChI is InChI=1S/C16H12FNO/c1-11-16(13-2-4-14(17)5-3-13)9-15-8-12(10-19)6-7-18(11)15/h2-10H,1H3. The Balaban J connectivity index is 2.21. The maximum Gasteiger partial charge on any atom is 0.150 e. The average Bonchev–Trinajstić information content (AvgIpc) is 2.76. The summed E-state index contributed by atoms with van der Waals surface area (Å²) in [5.74, 6) is -0.242. The molecule has 0 N–H and O–H groups in total. The molecule has 0 aliphatic rings. The first kappa shape index (κ1) is 11.7. The van der Waals surface area contributed by atoms with Gasteiger partial charge in [0.1, 0.15) is 12.1 Å². The van der Waals surface area contributed by atoms with E-state index in [1.165, 1.54) is 12.1 Å². The van der Waals surface area contributed by atoms with Crippen molar-refractivity contribution in [2.24, 2.45) is 0 Å². The molecular weight excluding hydrogens is 241 g/mol. The van der Waals surface area contributed by atoms with Crippen molar-refractivity contribution in [1.29, 1.82) is 0 Å². The van der Waals surface area contributed by atoms with Crippen molar-refractivity contribution < 1.29 is 9.18 Å². The lowest BCUT2D eigenvalue weighted by atomic mass is 10.1. The molecule has 0 spiro atoms. The lowest BCUT2D eigenvalue weighted by Crippen LogP contribution is -1.89. The number of pyridine rings is 1. The molecule has 2 aromatic heterocycles. The Labute approximate surface area is 110 Å². The van der Waals surface area contributed by atoms with E-state index in [9.17, 15) is 9.18 Å². The molecule has 0 atom stereocenters. The van der Waals surface area contributed by atoms with E-state index in [0.29, 0.717) is 5.56 Å². The lowest BCUT2D eigenvalue weighted by Gasteiger charge is -2.01. The number of carbonyl (C=O) groups is 1. The van der Waals surface area contributed by atoms with E-state index in [-0.39, 0.29) is 5.82 Å². The van der Waals surface area contributed by atoms with E-state index in [1.807, 2.05) is 29.7 Å². The Kier molecular flexibility index (Phi) is 2.67. The van der Waals surface area contributed by atoms with Gasteiger partial charge < -0.3 is 4.40 Å². The first-order valence-corrected chi connectivity index (χ1v) is 6.02. The highest BCUT2D eigenvalue weighted by molar-refractivity contribution is 5.80. The molecule has 0 saturated heterocycles. The summed E-state index contributed by atoms with van der Waals surface area (Å²) in [7, 11) is 0. The van der Waals surface area contributed by atoms with Gasteiger partial charge in [-0.1, -0.05) is 12.1 Å². The highest BCUT2D eigenvalue weighted by Gasteiger charge is 2.08. The van der Waals surface area contributed by atoms with Crippen LogP contribution in [0.1, 0.15) is 16.1 Å². The van der Waals surface area contributed by atoms with Gasteiger partial charge in [-0.05, 0) is 42.8 Å². The molecule has 0 bridgehead atoms. The van der Waals surface area contributed by atoms with Crippen LogP contribution in [0.3, 0.4) is 0 Å². The minimum Gasteiger partial charge on any atom is -0.321 e. The molecule has 0 amide bonds. The van der Waals surface area contributed by atoms with E-state index in [1.54, 1.807) is 18.2 Å². The molecule has 2 heterocycles. The Morgan fingerprint density at radius 1 is 1.11 bits per heavy atom. The van der Waals surface area contributed by atoms with Crippen LogP contribution in [0.5, 0.6) is 0 Å². The molecule has 19 heavy (non-hydrogen) atoms.